The lowest BCUT2D eigenvalue weighted by Gasteiger charge is -2.15. The maximum atomic E-state index is 12.1. The molecule has 0 bridgehead atoms. The molecule has 0 heterocycles. The highest BCUT2D eigenvalue weighted by molar-refractivity contribution is 6.16. The van der Waals surface area contributed by atoms with E-state index in [1.807, 2.05) is 0 Å². The SMILES string of the molecule is COC(=O)c1cc(C#N)c(C(=O)OC)c(C(=O)OC)c1C(=O)OC. The van der Waals surface area contributed by atoms with E-state index in [4.69, 9.17) is 0 Å². The Morgan fingerprint density at radius 3 is 1.58 bits per heavy atom. The average Bonchev–Trinajstić information content (AvgIpc) is 2.63. The molecule has 1 aromatic carbocycles. The molecule has 0 spiro atoms. The Labute approximate surface area is 136 Å². The van der Waals surface area contributed by atoms with Crippen molar-refractivity contribution in [2.45, 2.75) is 0 Å². The highest BCUT2D eigenvalue weighted by atomic mass is 16.5. The van der Waals surface area contributed by atoms with Crippen LogP contribution in [-0.2, 0) is 18.9 Å². The number of nitrogens with zero attached hydrogens (tertiary/aromatic N) is 1. The quantitative estimate of drug-likeness (QED) is 0.576. The van der Waals surface area contributed by atoms with Gasteiger partial charge in [-0.15, -0.1) is 0 Å². The zero-order valence-corrected chi connectivity index (χ0v) is 13.3. The molecule has 0 N–H and O–H groups in total. The normalized spacial score (nSPS) is 9.46. The molecule has 9 heteroatoms. The fourth-order valence-electron chi connectivity index (χ4n) is 1.98. The Bertz CT molecular complexity index is 760. The minimum Gasteiger partial charge on any atom is -0.465 e. The topological polar surface area (TPSA) is 129 Å². The molecule has 0 saturated heterocycles. The molecule has 0 aliphatic heterocycles. The molecule has 0 saturated carbocycles. The van der Waals surface area contributed by atoms with Gasteiger partial charge in [-0.2, -0.15) is 5.26 Å². The summed E-state index contributed by atoms with van der Waals surface area (Å²) in [5.41, 5.74) is -2.48. The van der Waals surface area contributed by atoms with Gasteiger partial charge >= 0.3 is 23.9 Å². The van der Waals surface area contributed by atoms with Crippen LogP contribution in [0.15, 0.2) is 6.07 Å². The van der Waals surface area contributed by atoms with Gasteiger partial charge in [0.15, 0.2) is 0 Å². The van der Waals surface area contributed by atoms with E-state index in [0.29, 0.717) is 0 Å². The van der Waals surface area contributed by atoms with Crippen molar-refractivity contribution in [3.8, 4) is 6.07 Å². The highest BCUT2D eigenvalue weighted by Crippen LogP contribution is 2.27. The van der Waals surface area contributed by atoms with Gasteiger partial charge in [-0.1, -0.05) is 0 Å². The lowest BCUT2D eigenvalue weighted by atomic mass is 9.91. The molecule has 0 amide bonds. The molecule has 0 unspecified atom stereocenters. The van der Waals surface area contributed by atoms with E-state index >= 15 is 0 Å². The first-order chi connectivity index (χ1) is 11.4. The van der Waals surface area contributed by atoms with Crippen molar-refractivity contribution in [1.82, 2.24) is 0 Å². The molecule has 0 aliphatic rings. The van der Waals surface area contributed by atoms with Crippen LogP contribution < -0.4 is 0 Å². The molecule has 126 valence electrons. The first-order valence-corrected chi connectivity index (χ1v) is 6.32. The first-order valence-electron chi connectivity index (χ1n) is 6.32. The highest BCUT2D eigenvalue weighted by Gasteiger charge is 2.34. The fourth-order valence-corrected chi connectivity index (χ4v) is 1.98. The van der Waals surface area contributed by atoms with Crippen LogP contribution in [0.1, 0.15) is 47.0 Å². The van der Waals surface area contributed by atoms with Crippen molar-refractivity contribution in [3.05, 3.63) is 33.9 Å². The molecule has 0 aliphatic carbocycles. The maximum absolute atomic E-state index is 12.1. The van der Waals surface area contributed by atoms with Crippen molar-refractivity contribution in [2.75, 3.05) is 28.4 Å². The Hall–Kier alpha value is -3.41. The van der Waals surface area contributed by atoms with E-state index < -0.39 is 46.1 Å². The van der Waals surface area contributed by atoms with Gasteiger partial charge in [0, 0.05) is 0 Å². The summed E-state index contributed by atoms with van der Waals surface area (Å²) in [6, 6.07) is 2.61. The predicted octanol–water partition coefficient (Wildman–Crippen LogP) is 0.705. The van der Waals surface area contributed by atoms with E-state index in [0.717, 1.165) is 34.5 Å². The van der Waals surface area contributed by atoms with E-state index in [9.17, 15) is 24.4 Å². The van der Waals surface area contributed by atoms with Gasteiger partial charge in [0.1, 0.15) is 6.07 Å². The minimum atomic E-state index is -1.13. The second-order valence-electron chi connectivity index (χ2n) is 4.17. The number of benzene rings is 1. The molecular weight excluding hydrogens is 322 g/mol. The average molecular weight is 335 g/mol. The van der Waals surface area contributed by atoms with Gasteiger partial charge in [0.05, 0.1) is 56.3 Å². The number of ether oxygens (including phenoxy) is 4. The van der Waals surface area contributed by atoms with Crippen molar-refractivity contribution in [2.24, 2.45) is 0 Å². The van der Waals surface area contributed by atoms with Crippen LogP contribution in [0, 0.1) is 11.3 Å². The van der Waals surface area contributed by atoms with Gasteiger partial charge < -0.3 is 18.9 Å². The minimum absolute atomic E-state index is 0.365. The third kappa shape index (κ3) is 3.17. The fraction of sp³-hybridized carbons (Fsp3) is 0.267. The Kier molecular flexibility index (Phi) is 6.00. The second-order valence-corrected chi connectivity index (χ2v) is 4.17. The summed E-state index contributed by atoms with van der Waals surface area (Å²) in [6.45, 7) is 0. The smallest absolute Gasteiger partial charge is 0.340 e. The van der Waals surface area contributed by atoms with Gasteiger partial charge in [-0.05, 0) is 6.07 Å². The number of hydrogen-bond acceptors (Lipinski definition) is 9. The zero-order valence-electron chi connectivity index (χ0n) is 13.3. The predicted molar refractivity (Wildman–Crippen MR) is 76.5 cm³/mol. The Morgan fingerprint density at radius 1 is 0.750 bits per heavy atom. The molecule has 9 nitrogen and oxygen atoms in total. The third-order valence-corrected chi connectivity index (χ3v) is 3.02. The number of nitriles is 1. The number of methoxy groups -OCH3 is 4. The lowest BCUT2D eigenvalue weighted by Crippen LogP contribution is -2.23. The molecule has 1 aromatic rings. The maximum Gasteiger partial charge on any atom is 0.340 e. The van der Waals surface area contributed by atoms with Crippen molar-refractivity contribution < 1.29 is 38.1 Å². The number of rotatable bonds is 4. The lowest BCUT2D eigenvalue weighted by molar-refractivity contribution is 0.0521. The van der Waals surface area contributed by atoms with Crippen molar-refractivity contribution in [3.63, 3.8) is 0 Å². The Morgan fingerprint density at radius 2 is 1.17 bits per heavy atom. The third-order valence-electron chi connectivity index (χ3n) is 3.02. The van der Waals surface area contributed by atoms with Crippen LogP contribution in [0.25, 0.3) is 0 Å². The standard InChI is InChI=1S/C15H13NO8/c1-21-12(17)8-5-7(6-16)9(13(18)22-2)11(15(20)24-4)10(8)14(19)23-3/h5H,1-4H3. The van der Waals surface area contributed by atoms with E-state index in [-0.39, 0.29) is 5.56 Å². The van der Waals surface area contributed by atoms with Crippen LogP contribution in [0.5, 0.6) is 0 Å². The van der Waals surface area contributed by atoms with Crippen LogP contribution in [0.4, 0.5) is 0 Å². The molecule has 0 atom stereocenters. The van der Waals surface area contributed by atoms with Crippen molar-refractivity contribution in [1.29, 1.82) is 5.26 Å². The van der Waals surface area contributed by atoms with Gasteiger partial charge in [0.2, 0.25) is 0 Å². The van der Waals surface area contributed by atoms with E-state index in [2.05, 4.69) is 18.9 Å². The number of carbonyl (C=O) groups is 4. The molecule has 0 aromatic heterocycles. The van der Waals surface area contributed by atoms with Gasteiger partial charge in [-0.3, -0.25) is 0 Å². The molecule has 0 fully saturated rings. The summed E-state index contributed by atoms with van der Waals surface area (Å²) in [6.07, 6.45) is 0. The first kappa shape index (κ1) is 18.6. The monoisotopic (exact) mass is 335 g/mol. The summed E-state index contributed by atoms with van der Waals surface area (Å²) < 4.78 is 18.2. The summed E-state index contributed by atoms with van der Waals surface area (Å²) in [5, 5.41) is 9.23. The molecule has 0 radical (unpaired) electrons. The number of esters is 4. The van der Waals surface area contributed by atoms with Gasteiger partial charge in [0.25, 0.3) is 0 Å². The Balaban J connectivity index is 4.09. The molecule has 24 heavy (non-hydrogen) atoms. The summed E-state index contributed by atoms with van der Waals surface area (Å²) in [7, 11) is 4.08. The number of carbonyl (C=O) groups excluding carboxylic acids is 4. The van der Waals surface area contributed by atoms with E-state index in [1.54, 1.807) is 6.07 Å². The second kappa shape index (κ2) is 7.73. The van der Waals surface area contributed by atoms with Crippen LogP contribution in [-0.4, -0.2) is 52.3 Å². The summed E-state index contributed by atoms with van der Waals surface area (Å²) in [5.74, 6) is -4.29. The van der Waals surface area contributed by atoms with E-state index in [1.165, 1.54) is 0 Å². The number of hydrogen-bond donors (Lipinski definition) is 0. The largest absolute Gasteiger partial charge is 0.465 e. The van der Waals surface area contributed by atoms with Crippen molar-refractivity contribution >= 4 is 23.9 Å². The zero-order chi connectivity index (χ0) is 18.4. The summed E-state index contributed by atoms with van der Waals surface area (Å²) >= 11 is 0. The van der Waals surface area contributed by atoms with Crippen LogP contribution in [0.2, 0.25) is 0 Å². The van der Waals surface area contributed by atoms with Crippen LogP contribution >= 0.6 is 0 Å². The van der Waals surface area contributed by atoms with Crippen LogP contribution in [0.3, 0.4) is 0 Å². The van der Waals surface area contributed by atoms with Gasteiger partial charge in [-0.25, -0.2) is 19.2 Å². The molecule has 1 rings (SSSR count). The molecular formula is C15H13NO8. The summed E-state index contributed by atoms with van der Waals surface area (Å²) in [4.78, 5) is 48.1.